The van der Waals surface area contributed by atoms with Gasteiger partial charge in [0.25, 0.3) is 0 Å². The van der Waals surface area contributed by atoms with Crippen molar-refractivity contribution in [3.63, 3.8) is 0 Å². The van der Waals surface area contributed by atoms with Gasteiger partial charge in [0.05, 0.1) is 44.6 Å². The van der Waals surface area contributed by atoms with Crippen molar-refractivity contribution in [1.82, 2.24) is 5.32 Å². The molecule has 17 N–H and O–H groups in total. The van der Waals surface area contributed by atoms with Crippen LogP contribution in [0.1, 0.15) is 181 Å². The molecule has 0 aromatic heterocycles. The minimum atomic E-state index is -2.14. The van der Waals surface area contributed by atoms with Gasteiger partial charge in [-0.3, -0.25) is 4.79 Å². The van der Waals surface area contributed by atoms with E-state index in [1.54, 1.807) is 0 Å². The maximum atomic E-state index is 13.4. The maximum Gasteiger partial charge on any atom is 0.335 e. The second-order valence-electron chi connectivity index (χ2n) is 24.4. The number of carbonyl (C=O) groups excluding carboxylic acids is 1. The third-order valence-electron chi connectivity index (χ3n) is 17.7. The summed E-state index contributed by atoms with van der Waals surface area (Å²) in [5.74, 6) is -0.665. The molecule has 0 bridgehead atoms. The van der Waals surface area contributed by atoms with Crippen LogP contribution in [0.4, 0.5) is 0 Å². The van der Waals surface area contributed by atoms with E-state index >= 15 is 0 Å². The minimum absolute atomic E-state index is 0.182. The van der Waals surface area contributed by atoms with Crippen molar-refractivity contribution in [1.29, 1.82) is 0 Å². The number of aliphatic carboxylic acids is 1. The van der Waals surface area contributed by atoms with Gasteiger partial charge in [-0.05, 0) is 31.1 Å². The van der Waals surface area contributed by atoms with Crippen LogP contribution in [0.25, 0.3) is 0 Å². The van der Waals surface area contributed by atoms with Crippen molar-refractivity contribution in [2.45, 2.75) is 322 Å². The number of hydrogen-bond acceptors (Lipinski definition) is 24. The van der Waals surface area contributed by atoms with Gasteiger partial charge < -0.3 is 120 Å². The van der Waals surface area contributed by atoms with Crippen molar-refractivity contribution in [3.8, 4) is 0 Å². The molecule has 4 saturated heterocycles. The first-order valence-electron chi connectivity index (χ1n) is 31.9. The number of amides is 1. The molecule has 0 aromatic carbocycles. The fourth-order valence-corrected chi connectivity index (χ4v) is 11.9. The van der Waals surface area contributed by atoms with E-state index in [0.717, 1.165) is 63.2 Å². The van der Waals surface area contributed by atoms with E-state index in [0.29, 0.717) is 12.8 Å². The Kier molecular flexibility index (Phi) is 33.6. The Morgan fingerprint density at radius 1 is 0.506 bits per heavy atom. The van der Waals surface area contributed by atoms with Gasteiger partial charge in [0.2, 0.25) is 5.91 Å². The summed E-state index contributed by atoms with van der Waals surface area (Å²) in [7, 11) is 0. The standard InChI is InChI=1S/C59H108N2O24/c1-3-5-7-9-10-11-12-15-19-23-27-37(65)54(75)61-35(36(64)26-22-18-16-13-14-17-21-25-34-28-33(34)24-20-8-6-4-2)31-78-57-50(74)48(72)51(53(85-57)55(76)77)83-56-41(60)45(69)44(68)40(82-56)32-79-59-52(47(71)43(67)39(30-63)81-59)84-58-49(73)46(70)42(66)38(29-62)80-58/h33-53,56-59,62-74H,3-32,60H2,1-2H3,(H,61,75)(H,76,77)/t33?,34?,35?,36?,37-,38-,39-,40+,41+,42-,43+,44+,45+,46+,47+,48+,49+,50+,51-,52-,53-,56+,57?,58-,59-/m0/s1. The number of carboxylic acids is 1. The lowest BCUT2D eigenvalue weighted by Crippen LogP contribution is -2.67. The predicted octanol–water partition coefficient (Wildman–Crippen LogP) is -0.0308. The third-order valence-corrected chi connectivity index (χ3v) is 17.7. The fraction of sp³-hybridized carbons (Fsp3) is 0.966. The van der Waals surface area contributed by atoms with Crippen LogP contribution in [-0.2, 0) is 47.5 Å². The largest absolute Gasteiger partial charge is 0.479 e. The number of carboxylic acid groups (broad SMARTS) is 1. The van der Waals surface area contributed by atoms with Crippen LogP contribution >= 0.6 is 0 Å². The van der Waals surface area contributed by atoms with E-state index in [2.05, 4.69) is 19.2 Å². The molecule has 5 rings (SSSR count). The summed E-state index contributed by atoms with van der Waals surface area (Å²) in [5, 5.41) is 153. The van der Waals surface area contributed by atoms with Gasteiger partial charge in [-0.25, -0.2) is 4.79 Å². The highest BCUT2D eigenvalue weighted by atomic mass is 16.8. The zero-order valence-electron chi connectivity index (χ0n) is 50.1. The van der Waals surface area contributed by atoms with Crippen molar-refractivity contribution in [2.24, 2.45) is 17.6 Å². The monoisotopic (exact) mass is 1230 g/mol. The Hall–Kier alpha value is -1.94. The first kappa shape index (κ1) is 73.8. The summed E-state index contributed by atoms with van der Waals surface area (Å²) in [6.45, 7) is 1.35. The number of nitrogens with one attached hydrogen (secondary N) is 1. The van der Waals surface area contributed by atoms with Crippen molar-refractivity contribution >= 4 is 11.9 Å². The molecular formula is C59H108N2O24. The van der Waals surface area contributed by atoms with Gasteiger partial charge >= 0.3 is 5.97 Å². The van der Waals surface area contributed by atoms with E-state index in [1.807, 2.05) is 0 Å². The highest BCUT2D eigenvalue weighted by molar-refractivity contribution is 5.80. The SMILES string of the molecule is CCCCCCCCCCCC[C@H](O)C(=O)NC(COC1O[C@H](C(=O)O)[C@@H](O[C@H]2O[C@H](CO[C@H]3O[C@@H](CO)[C@@H](O)[C@@H](O)[C@@H]3O[C@@H]3O[C@@H](CO)[C@H](O)[C@@H](O)[C@H]3O)[C@@H](O)[C@H](O)[C@H]2N)[C@H](O)[C@H]1O)C(O)CCCCCCCCCC1CC1CCCCCC. The van der Waals surface area contributed by atoms with Gasteiger partial charge in [0.15, 0.2) is 31.3 Å². The Bertz CT molecular complexity index is 1830. The van der Waals surface area contributed by atoms with E-state index in [9.17, 15) is 81.1 Å². The van der Waals surface area contributed by atoms with Crippen molar-refractivity contribution < 1.29 is 119 Å². The van der Waals surface area contributed by atoms with Crippen LogP contribution in [0.2, 0.25) is 0 Å². The number of rotatable bonds is 42. The van der Waals surface area contributed by atoms with E-state index < -0.39 is 179 Å². The molecule has 0 radical (unpaired) electrons. The Balaban J connectivity index is 1.16. The van der Waals surface area contributed by atoms with E-state index in [4.69, 9.17) is 43.6 Å². The molecule has 5 fully saturated rings. The van der Waals surface area contributed by atoms with Gasteiger partial charge in [0, 0.05) is 0 Å². The van der Waals surface area contributed by atoms with Crippen LogP contribution in [-0.4, -0.2) is 251 Å². The Morgan fingerprint density at radius 2 is 0.965 bits per heavy atom. The van der Waals surface area contributed by atoms with Gasteiger partial charge in [-0.1, -0.05) is 162 Å². The predicted molar refractivity (Wildman–Crippen MR) is 302 cm³/mol. The molecule has 4 heterocycles. The average molecular weight is 1230 g/mol. The molecule has 5 aliphatic rings. The smallest absolute Gasteiger partial charge is 0.335 e. The summed E-state index contributed by atoms with van der Waals surface area (Å²) in [6, 6.07) is -2.83. The molecule has 1 aliphatic carbocycles. The number of aliphatic hydroxyl groups is 13. The molecule has 1 amide bonds. The van der Waals surface area contributed by atoms with E-state index in [1.165, 1.54) is 89.9 Å². The number of unbranched alkanes of at least 4 members (excludes halogenated alkanes) is 18. The molecular weight excluding hydrogens is 1120 g/mol. The molecule has 5 unspecified atom stereocenters. The Morgan fingerprint density at radius 3 is 1.53 bits per heavy atom. The summed E-state index contributed by atoms with van der Waals surface area (Å²) < 4.78 is 45.6. The quantitative estimate of drug-likeness (QED) is 0.0357. The van der Waals surface area contributed by atoms with E-state index in [-0.39, 0.29) is 12.8 Å². The van der Waals surface area contributed by atoms with Crippen LogP contribution < -0.4 is 11.1 Å². The summed E-state index contributed by atoms with van der Waals surface area (Å²) in [6.07, 6.45) is -10.8. The third kappa shape index (κ3) is 22.7. The van der Waals surface area contributed by atoms with Crippen molar-refractivity contribution in [2.75, 3.05) is 26.4 Å². The number of ether oxygens (including phenoxy) is 8. The normalized spacial score (nSPS) is 37.1. The molecule has 0 aromatic rings. The van der Waals surface area contributed by atoms with Crippen LogP contribution in [0, 0.1) is 11.8 Å². The number of hydrogen-bond donors (Lipinski definition) is 16. The second-order valence-corrected chi connectivity index (χ2v) is 24.4. The molecule has 1 saturated carbocycles. The minimum Gasteiger partial charge on any atom is -0.479 e. The zero-order valence-corrected chi connectivity index (χ0v) is 50.1. The molecule has 26 nitrogen and oxygen atoms in total. The molecule has 85 heavy (non-hydrogen) atoms. The fourth-order valence-electron chi connectivity index (χ4n) is 11.9. The molecule has 25 atom stereocenters. The van der Waals surface area contributed by atoms with Crippen LogP contribution in [0.3, 0.4) is 0 Å². The number of carbonyl (C=O) groups is 2. The van der Waals surface area contributed by atoms with Crippen LogP contribution in [0.15, 0.2) is 0 Å². The van der Waals surface area contributed by atoms with Gasteiger partial charge in [-0.2, -0.15) is 0 Å². The van der Waals surface area contributed by atoms with Gasteiger partial charge in [-0.15, -0.1) is 0 Å². The van der Waals surface area contributed by atoms with Crippen molar-refractivity contribution in [3.05, 3.63) is 0 Å². The lowest BCUT2D eigenvalue weighted by atomic mass is 9.95. The Labute approximate surface area is 500 Å². The first-order chi connectivity index (χ1) is 40.8. The highest BCUT2D eigenvalue weighted by Gasteiger charge is 2.55. The molecule has 0 spiro atoms. The lowest BCUT2D eigenvalue weighted by molar-refractivity contribution is -0.373. The van der Waals surface area contributed by atoms with Gasteiger partial charge in [0.1, 0.15) is 91.6 Å². The average Bonchev–Trinajstić information content (AvgIpc) is 4.31. The number of aliphatic hydroxyl groups excluding tert-OH is 13. The maximum absolute atomic E-state index is 13.4. The first-order valence-corrected chi connectivity index (χ1v) is 31.9. The molecule has 498 valence electrons. The highest BCUT2D eigenvalue weighted by Crippen LogP contribution is 2.46. The second kappa shape index (κ2) is 38.7. The zero-order chi connectivity index (χ0) is 62.2. The summed E-state index contributed by atoms with van der Waals surface area (Å²) in [5.41, 5.74) is 6.20. The molecule has 4 aliphatic heterocycles. The lowest BCUT2D eigenvalue weighted by Gasteiger charge is -2.47. The molecule has 26 heteroatoms. The summed E-state index contributed by atoms with van der Waals surface area (Å²) in [4.78, 5) is 26.3. The topological polar surface area (TPSA) is 429 Å². The number of nitrogens with two attached hydrogens (primary N) is 1. The van der Waals surface area contributed by atoms with Crippen LogP contribution in [0.5, 0.6) is 0 Å². The summed E-state index contributed by atoms with van der Waals surface area (Å²) >= 11 is 0.